The van der Waals surface area contributed by atoms with Crippen molar-refractivity contribution in [3.63, 3.8) is 0 Å². The Morgan fingerprint density at radius 2 is 1.50 bits per heavy atom. The molecule has 0 heterocycles. The number of hydrogen-bond acceptors (Lipinski definition) is 5. The number of hydrogen-bond donors (Lipinski definition) is 1. The van der Waals surface area contributed by atoms with Crippen LogP contribution in [0.3, 0.4) is 0 Å². The van der Waals surface area contributed by atoms with Crippen LogP contribution in [-0.2, 0) is 14.9 Å². The van der Waals surface area contributed by atoms with Gasteiger partial charge in [-0.2, -0.15) is 8.42 Å². The van der Waals surface area contributed by atoms with Gasteiger partial charge in [0.25, 0.3) is 0 Å². The maximum absolute atomic E-state index is 13.6. The van der Waals surface area contributed by atoms with Crippen molar-refractivity contribution in [1.82, 2.24) is 0 Å². The Morgan fingerprint density at radius 3 is 2.11 bits per heavy atom. The van der Waals surface area contributed by atoms with Crippen LogP contribution in [0.1, 0.15) is 33.1 Å². The van der Waals surface area contributed by atoms with Crippen molar-refractivity contribution in [3.05, 3.63) is 72.8 Å². The lowest BCUT2D eigenvalue weighted by molar-refractivity contribution is -0.128. The number of Topliss-reactive ketones (excluding diaryl/α,β-unsaturated/α-hetero) is 1. The van der Waals surface area contributed by atoms with E-state index in [2.05, 4.69) is 0 Å². The van der Waals surface area contributed by atoms with E-state index in [1.807, 2.05) is 74.5 Å². The fourth-order valence-electron chi connectivity index (χ4n) is 6.68. The monoisotopic (exact) mass is 500 g/mol. The number of carbonyl (C=O) groups is 1. The zero-order chi connectivity index (χ0) is 25.3. The van der Waals surface area contributed by atoms with Crippen LogP contribution in [0.25, 0.3) is 32.7 Å². The maximum Gasteiger partial charge on any atom is 0.310 e. The number of carbonyl (C=O) groups excluding carboxylic acids is 1. The van der Waals surface area contributed by atoms with Crippen LogP contribution in [0.15, 0.2) is 72.8 Å². The zero-order valence-electron chi connectivity index (χ0n) is 20.3. The number of phenols is 1. The lowest BCUT2D eigenvalue weighted by Crippen LogP contribution is -2.43. The van der Waals surface area contributed by atoms with Crippen molar-refractivity contribution >= 4 is 37.4 Å². The highest BCUT2D eigenvalue weighted by atomic mass is 32.2. The molecule has 36 heavy (non-hydrogen) atoms. The molecule has 0 unspecified atom stereocenters. The van der Waals surface area contributed by atoms with Crippen LogP contribution >= 0.6 is 0 Å². The van der Waals surface area contributed by atoms with E-state index in [1.54, 1.807) is 12.1 Å². The van der Waals surface area contributed by atoms with Gasteiger partial charge in [-0.25, -0.2) is 0 Å². The molecule has 4 aromatic rings. The number of aromatic hydroxyl groups is 1. The molecule has 4 aromatic carbocycles. The highest BCUT2D eigenvalue weighted by molar-refractivity contribution is 7.87. The van der Waals surface area contributed by atoms with Crippen LogP contribution in [0, 0.1) is 16.7 Å². The summed E-state index contributed by atoms with van der Waals surface area (Å²) in [5, 5.41) is 14.4. The Morgan fingerprint density at radius 1 is 0.889 bits per heavy atom. The SMILES string of the molecule is CC1(C)[C@@H]2CC[C@@]1(CS(=O)(=O)Oc1ccc3ccccc3c1-c1c(O)ccc3ccccc13)C(=O)C2. The molecule has 2 bridgehead atoms. The third-order valence-electron chi connectivity index (χ3n) is 8.83. The van der Waals surface area contributed by atoms with Gasteiger partial charge in [-0.3, -0.25) is 4.79 Å². The number of rotatable bonds is 5. The van der Waals surface area contributed by atoms with Crippen LogP contribution in [-0.4, -0.2) is 25.1 Å². The molecule has 184 valence electrons. The fraction of sp³-hybridized carbons (Fsp3) is 0.300. The van der Waals surface area contributed by atoms with E-state index < -0.39 is 15.5 Å². The molecular weight excluding hydrogens is 472 g/mol. The molecule has 2 aliphatic carbocycles. The number of ketones is 1. The molecule has 6 heteroatoms. The van der Waals surface area contributed by atoms with E-state index in [9.17, 15) is 18.3 Å². The average Bonchev–Trinajstić information content (AvgIpc) is 3.18. The standard InChI is InChI=1S/C30H28O5S/c1-29(2)21-15-16-30(29,26(32)17-21)18-36(33,34)35-25-14-12-20-8-4-6-10-23(20)28(25)27-22-9-5-3-7-19(22)11-13-24(27)31/h3-14,21,31H,15-18H2,1-2H3/t21-,30-/m1/s1. The van der Waals surface area contributed by atoms with E-state index in [0.717, 1.165) is 28.0 Å². The highest BCUT2D eigenvalue weighted by Gasteiger charge is 2.65. The minimum Gasteiger partial charge on any atom is -0.507 e. The number of fused-ring (bicyclic) bond motifs is 4. The van der Waals surface area contributed by atoms with Crippen LogP contribution < -0.4 is 4.18 Å². The average molecular weight is 501 g/mol. The van der Waals surface area contributed by atoms with Crippen LogP contribution in [0.5, 0.6) is 11.5 Å². The summed E-state index contributed by atoms with van der Waals surface area (Å²) in [7, 11) is -4.13. The summed E-state index contributed by atoms with van der Waals surface area (Å²) in [5.41, 5.74) is -0.272. The molecule has 0 radical (unpaired) electrons. The largest absolute Gasteiger partial charge is 0.507 e. The molecule has 2 saturated carbocycles. The Labute approximate surface area is 210 Å². The van der Waals surface area contributed by atoms with E-state index >= 15 is 0 Å². The first-order valence-electron chi connectivity index (χ1n) is 12.3. The molecule has 0 aliphatic heterocycles. The van der Waals surface area contributed by atoms with Gasteiger partial charge in [0.15, 0.2) is 5.75 Å². The summed E-state index contributed by atoms with van der Waals surface area (Å²) in [5.74, 6) is 0.0902. The lowest BCUT2D eigenvalue weighted by Gasteiger charge is -2.35. The quantitative estimate of drug-likeness (QED) is 0.318. The van der Waals surface area contributed by atoms with Gasteiger partial charge in [-0.05, 0) is 57.9 Å². The first kappa shape index (κ1) is 23.0. The molecule has 0 amide bonds. The van der Waals surface area contributed by atoms with E-state index in [0.29, 0.717) is 24.0 Å². The first-order valence-corrected chi connectivity index (χ1v) is 13.9. The van der Waals surface area contributed by atoms with Crippen molar-refractivity contribution in [2.45, 2.75) is 33.1 Å². The van der Waals surface area contributed by atoms with Crippen molar-refractivity contribution in [1.29, 1.82) is 0 Å². The summed E-state index contributed by atoms with van der Waals surface area (Å²) in [6, 6.07) is 22.2. The molecular formula is C30H28O5S. The molecule has 6 rings (SSSR count). The second-order valence-corrected chi connectivity index (χ2v) is 12.4. The van der Waals surface area contributed by atoms with Crippen molar-refractivity contribution in [2.24, 2.45) is 16.7 Å². The Kier molecular flexibility index (Phi) is 5.00. The predicted molar refractivity (Wildman–Crippen MR) is 142 cm³/mol. The van der Waals surface area contributed by atoms with Crippen molar-refractivity contribution in [2.75, 3.05) is 5.75 Å². The van der Waals surface area contributed by atoms with Gasteiger partial charge in [-0.15, -0.1) is 0 Å². The Balaban J connectivity index is 1.52. The first-order chi connectivity index (χ1) is 17.1. The lowest BCUT2D eigenvalue weighted by atomic mass is 9.70. The molecule has 5 nitrogen and oxygen atoms in total. The molecule has 0 spiro atoms. The van der Waals surface area contributed by atoms with E-state index in [-0.39, 0.29) is 34.4 Å². The van der Waals surface area contributed by atoms with Gasteiger partial charge in [0, 0.05) is 17.5 Å². The second-order valence-electron chi connectivity index (χ2n) is 10.8. The number of phenolic OH excluding ortho intramolecular Hbond substituents is 1. The molecule has 0 aromatic heterocycles. The second kappa shape index (κ2) is 7.81. The van der Waals surface area contributed by atoms with Crippen LogP contribution in [0.4, 0.5) is 0 Å². The summed E-state index contributed by atoms with van der Waals surface area (Å²) in [6.07, 6.45) is 1.87. The highest BCUT2D eigenvalue weighted by Crippen LogP contribution is 2.64. The summed E-state index contributed by atoms with van der Waals surface area (Å²) in [4.78, 5) is 13.0. The van der Waals surface area contributed by atoms with E-state index in [4.69, 9.17) is 4.18 Å². The molecule has 0 saturated heterocycles. The maximum atomic E-state index is 13.6. The summed E-state index contributed by atoms with van der Waals surface area (Å²) < 4.78 is 33.1. The van der Waals surface area contributed by atoms with Gasteiger partial charge < -0.3 is 9.29 Å². The van der Waals surface area contributed by atoms with Gasteiger partial charge in [0.2, 0.25) is 0 Å². The summed E-state index contributed by atoms with van der Waals surface area (Å²) in [6.45, 7) is 4.03. The molecule has 2 atom stereocenters. The molecule has 2 fully saturated rings. The molecule has 1 N–H and O–H groups in total. The molecule has 2 aliphatic rings. The predicted octanol–water partition coefficient (Wildman–Crippen LogP) is 6.47. The normalized spacial score (nSPS) is 22.9. The fourth-order valence-corrected chi connectivity index (χ4v) is 8.43. The minimum atomic E-state index is -4.13. The minimum absolute atomic E-state index is 0.0290. The van der Waals surface area contributed by atoms with Crippen molar-refractivity contribution < 1.29 is 22.5 Å². The van der Waals surface area contributed by atoms with Gasteiger partial charge in [0.05, 0.1) is 11.2 Å². The number of benzene rings is 4. The Hall–Kier alpha value is -3.38. The zero-order valence-corrected chi connectivity index (χ0v) is 21.1. The van der Waals surface area contributed by atoms with Gasteiger partial charge in [-0.1, -0.05) is 74.5 Å². The van der Waals surface area contributed by atoms with Crippen molar-refractivity contribution in [3.8, 4) is 22.6 Å². The third kappa shape index (κ3) is 3.27. The van der Waals surface area contributed by atoms with Crippen LogP contribution in [0.2, 0.25) is 0 Å². The Bertz CT molecular complexity index is 1650. The summed E-state index contributed by atoms with van der Waals surface area (Å²) >= 11 is 0. The van der Waals surface area contributed by atoms with Gasteiger partial charge in [0.1, 0.15) is 11.5 Å². The topological polar surface area (TPSA) is 80.7 Å². The van der Waals surface area contributed by atoms with Gasteiger partial charge >= 0.3 is 10.1 Å². The third-order valence-corrected chi connectivity index (χ3v) is 10.1. The smallest absolute Gasteiger partial charge is 0.310 e. The van der Waals surface area contributed by atoms with E-state index in [1.165, 1.54) is 0 Å².